The Kier molecular flexibility index (Phi) is 11.6. The Morgan fingerprint density at radius 3 is 2.03 bits per heavy atom. The zero-order valence-corrected chi connectivity index (χ0v) is 21.5. The van der Waals surface area contributed by atoms with Gasteiger partial charge in [-0.1, -0.05) is 52.6 Å². The largest absolute Gasteiger partial charge is 0.468 e. The normalized spacial score (nSPS) is 11.7. The molecule has 0 bridgehead atoms. The zero-order chi connectivity index (χ0) is 24.5. The predicted molar refractivity (Wildman–Crippen MR) is 129 cm³/mol. The molecule has 0 spiro atoms. The molecule has 1 aromatic rings. The molecular weight excluding hydrogens is 497 g/mol. The summed E-state index contributed by atoms with van der Waals surface area (Å²) in [5.41, 5.74) is -1.73. The van der Waals surface area contributed by atoms with E-state index >= 15 is 0 Å². The van der Waals surface area contributed by atoms with Crippen LogP contribution in [-0.2, 0) is 23.9 Å². The van der Waals surface area contributed by atoms with Crippen LogP contribution in [0.3, 0.4) is 0 Å². The molecule has 0 atom stereocenters. The van der Waals surface area contributed by atoms with Crippen molar-refractivity contribution in [1.29, 1.82) is 0 Å². The lowest BCUT2D eigenvalue weighted by molar-refractivity contribution is -0.168. The Balaban J connectivity index is 3.61. The van der Waals surface area contributed by atoms with Gasteiger partial charge in [-0.15, -0.1) is 6.58 Å². The van der Waals surface area contributed by atoms with Crippen LogP contribution in [0.1, 0.15) is 26.7 Å². The molecule has 6 nitrogen and oxygen atoms in total. The summed E-state index contributed by atoms with van der Waals surface area (Å²) >= 11 is 19.6. The van der Waals surface area contributed by atoms with Gasteiger partial charge in [0.25, 0.3) is 0 Å². The number of hydrogen-bond donors (Lipinski definition) is 0. The second-order valence-electron chi connectivity index (χ2n) is 6.65. The van der Waals surface area contributed by atoms with E-state index in [1.807, 2.05) is 13.8 Å². The van der Waals surface area contributed by atoms with Crippen molar-refractivity contribution >= 4 is 64.4 Å². The smallest absolute Gasteiger partial charge is 0.323 e. The van der Waals surface area contributed by atoms with Gasteiger partial charge in [0.15, 0.2) is 5.41 Å². The Morgan fingerprint density at radius 1 is 1.03 bits per heavy atom. The number of rotatable bonds is 11. The number of halogens is 3. The van der Waals surface area contributed by atoms with E-state index in [2.05, 4.69) is 6.58 Å². The fraction of sp³-hybridized carbons (Fsp3) is 0.409. The van der Waals surface area contributed by atoms with Crippen molar-refractivity contribution in [3.8, 4) is 0 Å². The minimum atomic E-state index is -1.73. The molecule has 0 N–H and O–H groups in total. The van der Waals surface area contributed by atoms with Gasteiger partial charge in [-0.25, -0.2) is 0 Å². The van der Waals surface area contributed by atoms with Gasteiger partial charge in [-0.2, -0.15) is 0 Å². The van der Waals surface area contributed by atoms with E-state index in [9.17, 15) is 14.4 Å². The van der Waals surface area contributed by atoms with Crippen molar-refractivity contribution in [3.05, 3.63) is 50.8 Å². The number of carbonyl (C=O) groups excluding carboxylic acids is 3. The summed E-state index contributed by atoms with van der Waals surface area (Å²) < 4.78 is 9.82. The summed E-state index contributed by atoms with van der Waals surface area (Å²) in [4.78, 5) is 40.8. The van der Waals surface area contributed by atoms with Gasteiger partial charge >= 0.3 is 11.9 Å². The van der Waals surface area contributed by atoms with Crippen LogP contribution in [0.4, 0.5) is 0 Å². The molecule has 0 saturated carbocycles. The van der Waals surface area contributed by atoms with Crippen molar-refractivity contribution in [2.75, 3.05) is 27.3 Å². The van der Waals surface area contributed by atoms with Crippen molar-refractivity contribution < 1.29 is 23.9 Å². The molecule has 0 aliphatic heterocycles. The number of thioether (sulfide) groups is 1. The first-order chi connectivity index (χ1) is 15.1. The second-order valence-corrected chi connectivity index (χ2v) is 9.04. The van der Waals surface area contributed by atoms with E-state index in [0.717, 1.165) is 11.8 Å². The lowest BCUT2D eigenvalue weighted by Crippen LogP contribution is -2.41. The number of carbonyl (C=O) groups is 3. The monoisotopic (exact) mass is 521 g/mol. The number of esters is 2. The molecule has 1 amide bonds. The molecule has 176 valence electrons. The van der Waals surface area contributed by atoms with Crippen LogP contribution in [0, 0.1) is 5.41 Å². The third-order valence-corrected chi connectivity index (χ3v) is 6.93. The highest BCUT2D eigenvalue weighted by Gasteiger charge is 2.48. The van der Waals surface area contributed by atoms with Crippen LogP contribution in [0.5, 0.6) is 0 Å². The Hall–Kier alpha value is -1.67. The summed E-state index contributed by atoms with van der Waals surface area (Å²) in [5, 5.41) is 0.846. The van der Waals surface area contributed by atoms with Crippen LogP contribution in [-0.4, -0.2) is 50.1 Å². The molecule has 0 aromatic heterocycles. The molecule has 10 heteroatoms. The van der Waals surface area contributed by atoms with Crippen molar-refractivity contribution in [2.24, 2.45) is 5.41 Å². The number of ether oxygens (including phenoxy) is 2. The van der Waals surface area contributed by atoms with E-state index < -0.39 is 17.4 Å². The lowest BCUT2D eigenvalue weighted by Gasteiger charge is -2.28. The standard InChI is InChI=1S/C22H26Cl3NO5S/c1-6-9-22(20(28)30-4,21(29)31-5)13-14(10-19(27)26(7-2)8-3)32-18-12-16(24)15(23)11-17(18)25/h6,10-12H,1,7-9,13H2,2-5H3/b14-10-. The summed E-state index contributed by atoms with van der Waals surface area (Å²) in [6.07, 6.45) is 2.57. The molecular formula is C22H26Cl3NO5S. The fourth-order valence-corrected chi connectivity index (χ4v) is 4.83. The minimum absolute atomic E-state index is 0.0567. The Labute approximate surface area is 207 Å². The van der Waals surface area contributed by atoms with Gasteiger partial charge in [0, 0.05) is 30.5 Å². The third kappa shape index (κ3) is 6.91. The third-order valence-electron chi connectivity index (χ3n) is 4.70. The SMILES string of the molecule is C=CCC(C/C(=C/C(=O)N(CC)CC)Sc1cc(Cl)c(Cl)cc1Cl)(C(=O)OC)C(=O)OC. The number of nitrogens with zero attached hydrogens (tertiary/aromatic N) is 1. The average Bonchev–Trinajstić information content (AvgIpc) is 2.76. The van der Waals surface area contributed by atoms with Crippen molar-refractivity contribution in [2.45, 2.75) is 31.6 Å². The highest BCUT2D eigenvalue weighted by atomic mass is 35.5. The average molecular weight is 523 g/mol. The number of methoxy groups -OCH3 is 2. The van der Waals surface area contributed by atoms with Gasteiger partial charge < -0.3 is 14.4 Å². The highest BCUT2D eigenvalue weighted by molar-refractivity contribution is 8.03. The first kappa shape index (κ1) is 28.4. The molecule has 32 heavy (non-hydrogen) atoms. The van der Waals surface area contributed by atoms with Crippen LogP contribution in [0.25, 0.3) is 0 Å². The maximum Gasteiger partial charge on any atom is 0.323 e. The van der Waals surface area contributed by atoms with E-state index in [1.165, 1.54) is 32.4 Å². The quantitative estimate of drug-likeness (QED) is 0.0914. The lowest BCUT2D eigenvalue weighted by atomic mass is 9.80. The molecule has 1 rings (SSSR count). The summed E-state index contributed by atoms with van der Waals surface area (Å²) in [6, 6.07) is 3.04. The molecule has 0 heterocycles. The number of likely N-dealkylation sites (N-methyl/N-ethyl adjacent to an activating group) is 1. The minimum Gasteiger partial charge on any atom is -0.468 e. The van der Waals surface area contributed by atoms with Gasteiger partial charge in [0.1, 0.15) is 0 Å². The summed E-state index contributed by atoms with van der Waals surface area (Å²) in [5.74, 6) is -1.88. The molecule has 0 radical (unpaired) electrons. The van der Waals surface area contributed by atoms with E-state index in [0.29, 0.717) is 27.9 Å². The van der Waals surface area contributed by atoms with Crippen LogP contribution < -0.4 is 0 Å². The van der Waals surface area contributed by atoms with Crippen molar-refractivity contribution in [3.63, 3.8) is 0 Å². The van der Waals surface area contributed by atoms with E-state index in [1.54, 1.807) is 11.0 Å². The molecule has 0 unspecified atom stereocenters. The second kappa shape index (κ2) is 13.1. The van der Waals surface area contributed by atoms with E-state index in [4.69, 9.17) is 44.3 Å². The number of hydrogen-bond acceptors (Lipinski definition) is 6. The first-order valence-electron chi connectivity index (χ1n) is 9.69. The van der Waals surface area contributed by atoms with Gasteiger partial charge in [-0.05, 0) is 37.3 Å². The fourth-order valence-electron chi connectivity index (χ4n) is 3.01. The van der Waals surface area contributed by atoms with Crippen LogP contribution >= 0.6 is 46.6 Å². The highest BCUT2D eigenvalue weighted by Crippen LogP contribution is 2.44. The topological polar surface area (TPSA) is 72.9 Å². The number of amides is 1. The Morgan fingerprint density at radius 2 is 1.56 bits per heavy atom. The zero-order valence-electron chi connectivity index (χ0n) is 18.4. The molecule has 0 aliphatic carbocycles. The molecule has 1 aromatic carbocycles. The molecule has 0 saturated heterocycles. The molecule has 0 aliphatic rings. The van der Waals surface area contributed by atoms with Crippen molar-refractivity contribution in [1.82, 2.24) is 4.90 Å². The maximum atomic E-state index is 12.8. The summed E-state index contributed by atoms with van der Waals surface area (Å²) in [7, 11) is 2.35. The molecule has 0 fully saturated rings. The number of allylic oxidation sites excluding steroid dienone is 2. The van der Waals surface area contributed by atoms with Crippen LogP contribution in [0.2, 0.25) is 15.1 Å². The van der Waals surface area contributed by atoms with Crippen LogP contribution in [0.15, 0.2) is 40.7 Å². The number of benzene rings is 1. The predicted octanol–water partition coefficient (Wildman–Crippen LogP) is 5.79. The van der Waals surface area contributed by atoms with Gasteiger partial charge in [0.2, 0.25) is 5.91 Å². The van der Waals surface area contributed by atoms with Gasteiger partial charge in [-0.3, -0.25) is 14.4 Å². The Bertz CT molecular complexity index is 884. The van der Waals surface area contributed by atoms with Gasteiger partial charge in [0.05, 0.1) is 29.3 Å². The summed E-state index contributed by atoms with van der Waals surface area (Å²) in [6.45, 7) is 8.33. The van der Waals surface area contributed by atoms with E-state index in [-0.39, 0.29) is 28.8 Å². The maximum absolute atomic E-state index is 12.8. The first-order valence-corrected chi connectivity index (χ1v) is 11.6.